The second-order valence-corrected chi connectivity index (χ2v) is 6.36. The fourth-order valence-corrected chi connectivity index (χ4v) is 3.62. The average Bonchev–Trinajstić information content (AvgIpc) is 2.76. The zero-order chi connectivity index (χ0) is 13.5. The number of ether oxygens (including phenoxy) is 1. The van der Waals surface area contributed by atoms with Gasteiger partial charge in [0.1, 0.15) is 6.10 Å². The van der Waals surface area contributed by atoms with Crippen molar-refractivity contribution in [2.45, 2.75) is 61.7 Å². The van der Waals surface area contributed by atoms with E-state index >= 15 is 0 Å². The summed E-state index contributed by atoms with van der Waals surface area (Å²) in [5, 5.41) is 0.288. The van der Waals surface area contributed by atoms with Crippen molar-refractivity contribution in [1.29, 1.82) is 0 Å². The van der Waals surface area contributed by atoms with Crippen molar-refractivity contribution >= 4 is 17.7 Å². The molecule has 0 N–H and O–H groups in total. The third-order valence-corrected chi connectivity index (χ3v) is 4.76. The standard InChI is InChI=1S/C16H22O2S/c1-2-3-4-8-11-14-15(12-16(17)18-14)19-13-9-6-5-7-10-13/h5-7,9-10,14-15H,2-4,8,11-12H2,1H3. The summed E-state index contributed by atoms with van der Waals surface area (Å²) < 4.78 is 5.47. The molecule has 1 heterocycles. The molecule has 1 aliphatic rings. The maximum atomic E-state index is 11.5. The van der Waals surface area contributed by atoms with E-state index in [0.29, 0.717) is 6.42 Å². The van der Waals surface area contributed by atoms with Gasteiger partial charge >= 0.3 is 5.97 Å². The number of rotatable bonds is 7. The summed E-state index contributed by atoms with van der Waals surface area (Å²) in [5.74, 6) is -0.0334. The van der Waals surface area contributed by atoms with E-state index in [1.165, 1.54) is 24.2 Å². The Morgan fingerprint density at radius 2 is 2.00 bits per heavy atom. The minimum absolute atomic E-state index is 0.0334. The van der Waals surface area contributed by atoms with E-state index in [2.05, 4.69) is 19.1 Å². The molecule has 2 atom stereocenters. The van der Waals surface area contributed by atoms with Crippen LogP contribution in [-0.4, -0.2) is 17.3 Å². The van der Waals surface area contributed by atoms with Crippen LogP contribution >= 0.6 is 11.8 Å². The number of carbonyl (C=O) groups excluding carboxylic acids is 1. The Balaban J connectivity index is 1.85. The zero-order valence-corrected chi connectivity index (χ0v) is 12.3. The van der Waals surface area contributed by atoms with Crippen molar-refractivity contribution in [3.05, 3.63) is 30.3 Å². The van der Waals surface area contributed by atoms with Crippen LogP contribution in [0.15, 0.2) is 35.2 Å². The molecule has 3 heteroatoms. The number of esters is 1. The number of thioether (sulfide) groups is 1. The van der Waals surface area contributed by atoms with Crippen molar-refractivity contribution in [3.8, 4) is 0 Å². The van der Waals surface area contributed by atoms with Crippen molar-refractivity contribution < 1.29 is 9.53 Å². The fourth-order valence-electron chi connectivity index (χ4n) is 2.40. The molecule has 0 aliphatic carbocycles. The molecule has 0 spiro atoms. The number of unbranched alkanes of at least 4 members (excludes halogenated alkanes) is 3. The first-order valence-electron chi connectivity index (χ1n) is 7.20. The molecule has 0 saturated carbocycles. The van der Waals surface area contributed by atoms with E-state index in [1.807, 2.05) is 18.2 Å². The van der Waals surface area contributed by atoms with Crippen LogP contribution in [0.25, 0.3) is 0 Å². The predicted octanol–water partition coefficient (Wildman–Crippen LogP) is 4.43. The van der Waals surface area contributed by atoms with E-state index in [0.717, 1.165) is 12.8 Å². The smallest absolute Gasteiger partial charge is 0.307 e. The van der Waals surface area contributed by atoms with Gasteiger partial charge in [-0.05, 0) is 25.0 Å². The summed E-state index contributed by atoms with van der Waals surface area (Å²) >= 11 is 1.78. The van der Waals surface area contributed by atoms with E-state index in [9.17, 15) is 4.79 Å². The van der Waals surface area contributed by atoms with Gasteiger partial charge in [0.05, 0.1) is 11.7 Å². The number of hydrogen-bond donors (Lipinski definition) is 0. The first-order chi connectivity index (χ1) is 9.29. The van der Waals surface area contributed by atoms with E-state index < -0.39 is 0 Å². The zero-order valence-electron chi connectivity index (χ0n) is 11.5. The van der Waals surface area contributed by atoms with Crippen LogP contribution in [0.3, 0.4) is 0 Å². The third kappa shape index (κ3) is 4.57. The first-order valence-corrected chi connectivity index (χ1v) is 8.08. The number of benzene rings is 1. The van der Waals surface area contributed by atoms with Gasteiger partial charge in [0.15, 0.2) is 0 Å². The monoisotopic (exact) mass is 278 g/mol. The van der Waals surface area contributed by atoms with Gasteiger partial charge in [0.2, 0.25) is 0 Å². The molecule has 0 radical (unpaired) electrons. The molecule has 1 aromatic carbocycles. The second-order valence-electron chi connectivity index (χ2n) is 5.05. The normalized spacial score (nSPS) is 22.5. The molecule has 1 fully saturated rings. The van der Waals surface area contributed by atoms with Gasteiger partial charge < -0.3 is 4.74 Å². The Bertz CT molecular complexity index is 391. The van der Waals surface area contributed by atoms with Crippen LogP contribution in [0.1, 0.15) is 45.4 Å². The van der Waals surface area contributed by atoms with Crippen LogP contribution in [0, 0.1) is 0 Å². The van der Waals surface area contributed by atoms with Gasteiger partial charge in [-0.25, -0.2) is 0 Å². The van der Waals surface area contributed by atoms with Crippen molar-refractivity contribution in [3.63, 3.8) is 0 Å². The van der Waals surface area contributed by atoms with Crippen molar-refractivity contribution in [2.24, 2.45) is 0 Å². The lowest BCUT2D eigenvalue weighted by Crippen LogP contribution is -2.18. The molecule has 2 unspecified atom stereocenters. The maximum absolute atomic E-state index is 11.5. The van der Waals surface area contributed by atoms with Crippen LogP contribution in [0.2, 0.25) is 0 Å². The predicted molar refractivity (Wildman–Crippen MR) is 79.3 cm³/mol. The maximum Gasteiger partial charge on any atom is 0.307 e. The summed E-state index contributed by atoms with van der Waals surface area (Å²) in [6.07, 6.45) is 6.60. The average molecular weight is 278 g/mol. The number of carbonyl (C=O) groups is 1. The van der Waals surface area contributed by atoms with Crippen molar-refractivity contribution in [2.75, 3.05) is 0 Å². The number of cyclic esters (lactones) is 1. The van der Waals surface area contributed by atoms with Crippen LogP contribution < -0.4 is 0 Å². The molecule has 104 valence electrons. The largest absolute Gasteiger partial charge is 0.461 e. The lowest BCUT2D eigenvalue weighted by molar-refractivity contribution is -0.141. The highest BCUT2D eigenvalue weighted by molar-refractivity contribution is 8.00. The van der Waals surface area contributed by atoms with Crippen LogP contribution in [0.5, 0.6) is 0 Å². The molecule has 0 amide bonds. The van der Waals surface area contributed by atoms with Gasteiger partial charge in [-0.2, -0.15) is 0 Å². The molecular formula is C16H22O2S. The highest BCUT2D eigenvalue weighted by Gasteiger charge is 2.34. The van der Waals surface area contributed by atoms with E-state index in [1.54, 1.807) is 11.8 Å². The molecule has 1 aromatic rings. The lowest BCUT2D eigenvalue weighted by Gasteiger charge is -2.17. The summed E-state index contributed by atoms with van der Waals surface area (Å²) in [6, 6.07) is 10.3. The van der Waals surface area contributed by atoms with Crippen molar-refractivity contribution in [1.82, 2.24) is 0 Å². The minimum Gasteiger partial charge on any atom is -0.461 e. The molecule has 2 nitrogen and oxygen atoms in total. The topological polar surface area (TPSA) is 26.3 Å². The Morgan fingerprint density at radius 3 is 2.74 bits per heavy atom. The molecule has 1 saturated heterocycles. The van der Waals surface area contributed by atoms with Gasteiger partial charge in [0, 0.05) is 4.90 Å². The van der Waals surface area contributed by atoms with E-state index in [4.69, 9.17) is 4.74 Å². The highest BCUT2D eigenvalue weighted by Crippen LogP contribution is 2.35. The molecule has 19 heavy (non-hydrogen) atoms. The van der Waals surface area contributed by atoms with Gasteiger partial charge in [0.25, 0.3) is 0 Å². The fraction of sp³-hybridized carbons (Fsp3) is 0.562. The van der Waals surface area contributed by atoms with Crippen LogP contribution in [-0.2, 0) is 9.53 Å². The summed E-state index contributed by atoms with van der Waals surface area (Å²) in [7, 11) is 0. The third-order valence-electron chi connectivity index (χ3n) is 3.44. The molecule has 2 rings (SSSR count). The van der Waals surface area contributed by atoms with Gasteiger partial charge in [-0.3, -0.25) is 4.79 Å². The minimum atomic E-state index is -0.0334. The molecular weight excluding hydrogens is 256 g/mol. The molecule has 0 bridgehead atoms. The first kappa shape index (κ1) is 14.4. The molecule has 1 aliphatic heterocycles. The summed E-state index contributed by atoms with van der Waals surface area (Å²) in [4.78, 5) is 12.7. The number of hydrogen-bond acceptors (Lipinski definition) is 3. The Kier molecular flexibility index (Phi) is 5.77. The highest BCUT2D eigenvalue weighted by atomic mass is 32.2. The van der Waals surface area contributed by atoms with E-state index in [-0.39, 0.29) is 17.3 Å². The Morgan fingerprint density at radius 1 is 1.21 bits per heavy atom. The Hall–Kier alpha value is -0.960. The van der Waals surface area contributed by atoms with Gasteiger partial charge in [-0.15, -0.1) is 11.8 Å². The SMILES string of the molecule is CCCCCCC1OC(=O)CC1Sc1ccccc1. The lowest BCUT2D eigenvalue weighted by atomic mass is 10.1. The summed E-state index contributed by atoms with van der Waals surface area (Å²) in [6.45, 7) is 2.21. The Labute approximate surface area is 119 Å². The molecule has 0 aromatic heterocycles. The second kappa shape index (κ2) is 7.59. The summed E-state index contributed by atoms with van der Waals surface area (Å²) in [5.41, 5.74) is 0. The van der Waals surface area contributed by atoms with Crippen LogP contribution in [0.4, 0.5) is 0 Å². The quantitative estimate of drug-likeness (QED) is 0.545. The van der Waals surface area contributed by atoms with Gasteiger partial charge in [-0.1, -0.05) is 44.4 Å².